The average molecular weight is 218 g/mol. The molecule has 0 aliphatic rings. The van der Waals surface area contributed by atoms with Gasteiger partial charge in [-0.25, -0.2) is 4.79 Å². The molecule has 1 aromatic heterocycles. The smallest absolute Gasteiger partial charge is 0.355 e. The summed E-state index contributed by atoms with van der Waals surface area (Å²) in [6.07, 6.45) is 0. The third-order valence-corrected chi connectivity index (χ3v) is 1.99. The summed E-state index contributed by atoms with van der Waals surface area (Å²) in [5.41, 5.74) is -0.292. The molecule has 1 heterocycles. The van der Waals surface area contributed by atoms with Gasteiger partial charge in [-0.2, -0.15) is 5.10 Å². The Hall–Kier alpha value is -1.56. The number of hydrogen-bond acceptors (Lipinski definition) is 3. The van der Waals surface area contributed by atoms with Crippen LogP contribution in [0.25, 0.3) is 0 Å². The molecule has 0 aromatic carbocycles. The van der Waals surface area contributed by atoms with E-state index in [-0.39, 0.29) is 16.4 Å². The van der Waals surface area contributed by atoms with E-state index in [2.05, 4.69) is 10.4 Å². The number of halogens is 1. The predicted octanol–water partition coefficient (Wildman–Crippen LogP) is 0.131. The highest BCUT2D eigenvalue weighted by molar-refractivity contribution is 6.36. The van der Waals surface area contributed by atoms with Gasteiger partial charge in [-0.15, -0.1) is 0 Å². The van der Waals surface area contributed by atoms with Crippen molar-refractivity contribution in [3.8, 4) is 0 Å². The monoisotopic (exact) mass is 217 g/mol. The van der Waals surface area contributed by atoms with E-state index >= 15 is 0 Å². The van der Waals surface area contributed by atoms with Gasteiger partial charge in [0.1, 0.15) is 5.02 Å². The highest BCUT2D eigenvalue weighted by atomic mass is 35.5. The first-order chi connectivity index (χ1) is 6.49. The van der Waals surface area contributed by atoms with Crippen molar-refractivity contribution in [3.05, 3.63) is 16.4 Å². The molecule has 0 unspecified atom stereocenters. The molecule has 1 rings (SSSR count). The molecule has 7 heteroatoms. The number of amides is 1. The maximum Gasteiger partial charge on any atom is 0.355 e. The second-order valence-electron chi connectivity index (χ2n) is 2.52. The van der Waals surface area contributed by atoms with Gasteiger partial charge < -0.3 is 10.4 Å². The van der Waals surface area contributed by atoms with E-state index in [0.717, 1.165) is 4.68 Å². The molecule has 2 N–H and O–H groups in total. The second-order valence-corrected chi connectivity index (χ2v) is 2.90. The van der Waals surface area contributed by atoms with Crippen LogP contribution in [-0.2, 0) is 7.05 Å². The standard InChI is InChI=1S/C7H8ClN3O3/c1-9-6(12)4-3(8)5(7(13)14)11(2)10-4/h1-2H3,(H,9,12)(H,13,14). The van der Waals surface area contributed by atoms with Gasteiger partial charge in [-0.3, -0.25) is 9.48 Å². The summed E-state index contributed by atoms with van der Waals surface area (Å²) in [7, 11) is 2.82. The maximum atomic E-state index is 11.2. The highest BCUT2D eigenvalue weighted by Crippen LogP contribution is 2.19. The van der Waals surface area contributed by atoms with Gasteiger partial charge in [0.05, 0.1) is 0 Å². The number of carbonyl (C=O) groups excluding carboxylic acids is 1. The summed E-state index contributed by atoms with van der Waals surface area (Å²) in [6.45, 7) is 0. The molecule has 76 valence electrons. The fourth-order valence-corrected chi connectivity index (χ4v) is 1.32. The molecule has 0 aliphatic carbocycles. The van der Waals surface area contributed by atoms with E-state index in [9.17, 15) is 9.59 Å². The molecule has 0 atom stereocenters. The second kappa shape index (κ2) is 3.67. The topological polar surface area (TPSA) is 84.2 Å². The number of aryl methyl sites for hydroxylation is 1. The lowest BCUT2D eigenvalue weighted by Crippen LogP contribution is -2.18. The van der Waals surface area contributed by atoms with Crippen LogP contribution in [-0.4, -0.2) is 33.8 Å². The maximum absolute atomic E-state index is 11.2. The fourth-order valence-electron chi connectivity index (χ4n) is 0.994. The average Bonchev–Trinajstić information content (AvgIpc) is 2.40. The molecule has 0 spiro atoms. The SMILES string of the molecule is CNC(=O)c1nn(C)c(C(=O)O)c1Cl. The van der Waals surface area contributed by atoms with Gasteiger partial charge >= 0.3 is 5.97 Å². The number of carboxylic acid groups (broad SMARTS) is 1. The Morgan fingerprint density at radius 1 is 1.57 bits per heavy atom. The van der Waals surface area contributed by atoms with Crippen LogP contribution in [0.15, 0.2) is 0 Å². The van der Waals surface area contributed by atoms with E-state index in [4.69, 9.17) is 16.7 Å². The van der Waals surface area contributed by atoms with Crippen molar-refractivity contribution in [2.75, 3.05) is 7.05 Å². The Morgan fingerprint density at radius 2 is 2.14 bits per heavy atom. The third kappa shape index (κ3) is 1.56. The number of aromatic nitrogens is 2. The largest absolute Gasteiger partial charge is 0.476 e. The van der Waals surface area contributed by atoms with Gasteiger partial charge in [0.2, 0.25) is 0 Å². The van der Waals surface area contributed by atoms with Gasteiger partial charge in [-0.05, 0) is 0 Å². The van der Waals surface area contributed by atoms with Gasteiger partial charge in [0.15, 0.2) is 11.4 Å². The van der Waals surface area contributed by atoms with Crippen molar-refractivity contribution in [2.45, 2.75) is 0 Å². The Morgan fingerprint density at radius 3 is 2.50 bits per heavy atom. The predicted molar refractivity (Wildman–Crippen MR) is 48.6 cm³/mol. The summed E-state index contributed by atoms with van der Waals surface area (Å²) in [6, 6.07) is 0. The van der Waals surface area contributed by atoms with Crippen LogP contribution in [0.5, 0.6) is 0 Å². The van der Waals surface area contributed by atoms with E-state index in [1.165, 1.54) is 14.1 Å². The molecule has 0 saturated carbocycles. The number of rotatable bonds is 2. The summed E-state index contributed by atoms with van der Waals surface area (Å²) < 4.78 is 1.05. The first kappa shape index (κ1) is 10.5. The number of aromatic carboxylic acids is 1. The minimum absolute atomic E-state index is 0.0888. The number of carbonyl (C=O) groups is 2. The van der Waals surface area contributed by atoms with Gasteiger partial charge in [0.25, 0.3) is 5.91 Å². The van der Waals surface area contributed by atoms with Gasteiger partial charge in [-0.1, -0.05) is 11.6 Å². The molecule has 0 aliphatic heterocycles. The number of carboxylic acids is 1. The van der Waals surface area contributed by atoms with Crippen molar-refractivity contribution >= 4 is 23.5 Å². The van der Waals surface area contributed by atoms with E-state index in [1.807, 2.05) is 0 Å². The van der Waals surface area contributed by atoms with Crippen molar-refractivity contribution < 1.29 is 14.7 Å². The van der Waals surface area contributed by atoms with E-state index in [0.29, 0.717) is 0 Å². The number of hydrogen-bond donors (Lipinski definition) is 2. The quantitative estimate of drug-likeness (QED) is 0.738. The van der Waals surface area contributed by atoms with Crippen molar-refractivity contribution in [2.24, 2.45) is 7.05 Å². The summed E-state index contributed by atoms with van der Waals surface area (Å²) >= 11 is 5.67. The Kier molecular flexibility index (Phi) is 2.76. The molecule has 1 amide bonds. The van der Waals surface area contributed by atoms with Crippen LogP contribution in [0.3, 0.4) is 0 Å². The molecule has 0 bridgehead atoms. The summed E-state index contributed by atoms with van der Waals surface area (Å²) in [5.74, 6) is -1.74. The van der Waals surface area contributed by atoms with Crippen LogP contribution in [0.4, 0.5) is 0 Å². The van der Waals surface area contributed by atoms with E-state index < -0.39 is 11.9 Å². The Balaban J connectivity index is 3.30. The Bertz CT molecular complexity index is 399. The zero-order chi connectivity index (χ0) is 10.9. The molecule has 14 heavy (non-hydrogen) atoms. The van der Waals surface area contributed by atoms with Crippen LogP contribution < -0.4 is 5.32 Å². The molecule has 6 nitrogen and oxygen atoms in total. The molecular formula is C7H8ClN3O3. The lowest BCUT2D eigenvalue weighted by molar-refractivity contribution is 0.0685. The molecular weight excluding hydrogens is 210 g/mol. The normalized spacial score (nSPS) is 9.93. The van der Waals surface area contributed by atoms with Gasteiger partial charge in [0, 0.05) is 14.1 Å². The first-order valence-corrected chi connectivity index (χ1v) is 4.04. The third-order valence-electron chi connectivity index (χ3n) is 1.63. The lowest BCUT2D eigenvalue weighted by Gasteiger charge is -1.93. The molecule has 0 saturated heterocycles. The van der Waals surface area contributed by atoms with Crippen molar-refractivity contribution in [3.63, 3.8) is 0 Å². The molecule has 0 fully saturated rings. The fraction of sp³-hybridized carbons (Fsp3) is 0.286. The minimum atomic E-state index is -1.22. The van der Waals surface area contributed by atoms with Crippen molar-refractivity contribution in [1.29, 1.82) is 0 Å². The van der Waals surface area contributed by atoms with Crippen LogP contribution >= 0.6 is 11.6 Å². The Labute approximate surface area is 84.5 Å². The zero-order valence-corrected chi connectivity index (χ0v) is 8.29. The van der Waals surface area contributed by atoms with Crippen molar-refractivity contribution in [1.82, 2.24) is 15.1 Å². The summed E-state index contributed by atoms with van der Waals surface area (Å²) in [5, 5.41) is 14.6. The minimum Gasteiger partial charge on any atom is -0.476 e. The number of nitrogens with one attached hydrogen (secondary N) is 1. The number of nitrogens with zero attached hydrogens (tertiary/aromatic N) is 2. The molecule has 1 aromatic rings. The zero-order valence-electron chi connectivity index (χ0n) is 7.54. The van der Waals surface area contributed by atoms with E-state index in [1.54, 1.807) is 0 Å². The first-order valence-electron chi connectivity index (χ1n) is 3.67. The highest BCUT2D eigenvalue weighted by Gasteiger charge is 2.23. The van der Waals surface area contributed by atoms with Crippen LogP contribution in [0.1, 0.15) is 21.0 Å². The lowest BCUT2D eigenvalue weighted by atomic mass is 10.3. The van der Waals surface area contributed by atoms with Crippen LogP contribution in [0.2, 0.25) is 5.02 Å². The van der Waals surface area contributed by atoms with Crippen LogP contribution in [0, 0.1) is 0 Å². The molecule has 0 radical (unpaired) electrons. The summed E-state index contributed by atoms with van der Waals surface area (Å²) in [4.78, 5) is 21.8.